The van der Waals surface area contributed by atoms with Crippen molar-refractivity contribution in [1.29, 1.82) is 0 Å². The van der Waals surface area contributed by atoms with E-state index in [1.165, 1.54) is 6.07 Å². The first kappa shape index (κ1) is 11.3. The Balaban J connectivity index is 0.000000980. The van der Waals surface area contributed by atoms with Crippen LogP contribution in [0, 0.1) is 5.82 Å². The van der Waals surface area contributed by atoms with Gasteiger partial charge in [-0.05, 0) is 25.1 Å². The predicted octanol–water partition coefficient (Wildman–Crippen LogP) is 1.99. The Bertz CT molecular complexity index is 289. The molecule has 1 unspecified atom stereocenters. The summed E-state index contributed by atoms with van der Waals surface area (Å²) in [7, 11) is 0. The molecule has 1 aliphatic heterocycles. The number of para-hydroxylation sites is 1. The van der Waals surface area contributed by atoms with Crippen LogP contribution in [0.25, 0.3) is 0 Å². The monoisotopic (exact) mass is 217 g/mol. The number of hydrogen-bond acceptors (Lipinski definition) is 2. The normalized spacial score (nSPS) is 20.2. The zero-order chi connectivity index (χ0) is 9.10. The lowest BCUT2D eigenvalue weighted by atomic mass is 10.3. The van der Waals surface area contributed by atoms with Gasteiger partial charge in [-0.15, -0.1) is 12.4 Å². The van der Waals surface area contributed by atoms with E-state index in [9.17, 15) is 4.39 Å². The van der Waals surface area contributed by atoms with E-state index in [-0.39, 0.29) is 24.3 Å². The first-order valence-electron chi connectivity index (χ1n) is 4.48. The Morgan fingerprint density at radius 2 is 2.14 bits per heavy atom. The number of rotatable bonds is 2. The molecule has 1 heterocycles. The van der Waals surface area contributed by atoms with Gasteiger partial charge in [0.15, 0.2) is 11.6 Å². The molecule has 2 nitrogen and oxygen atoms in total. The number of ether oxygens (including phenoxy) is 1. The average Bonchev–Trinajstić information content (AvgIpc) is 2.61. The van der Waals surface area contributed by atoms with E-state index in [4.69, 9.17) is 4.74 Å². The summed E-state index contributed by atoms with van der Waals surface area (Å²) in [6.07, 6.45) is 1.07. The van der Waals surface area contributed by atoms with Crippen molar-refractivity contribution in [2.45, 2.75) is 12.5 Å². The topological polar surface area (TPSA) is 21.3 Å². The summed E-state index contributed by atoms with van der Waals surface area (Å²) >= 11 is 0. The van der Waals surface area contributed by atoms with Crippen LogP contribution in [0.5, 0.6) is 5.75 Å². The Kier molecular flexibility index (Phi) is 4.17. The molecule has 0 aliphatic carbocycles. The zero-order valence-corrected chi connectivity index (χ0v) is 8.52. The van der Waals surface area contributed by atoms with Gasteiger partial charge in [-0.2, -0.15) is 0 Å². The summed E-state index contributed by atoms with van der Waals surface area (Å²) in [5, 5.41) is 3.16. The molecule has 0 aromatic heterocycles. The molecule has 0 spiro atoms. The Labute approximate surface area is 88.9 Å². The molecule has 78 valence electrons. The van der Waals surface area contributed by atoms with Crippen LogP contribution in [0.4, 0.5) is 4.39 Å². The van der Waals surface area contributed by atoms with Gasteiger partial charge < -0.3 is 10.1 Å². The third kappa shape index (κ3) is 2.59. The molecular weight excluding hydrogens is 205 g/mol. The van der Waals surface area contributed by atoms with Crippen LogP contribution < -0.4 is 10.1 Å². The van der Waals surface area contributed by atoms with Gasteiger partial charge in [0.05, 0.1) is 0 Å². The van der Waals surface area contributed by atoms with E-state index in [0.29, 0.717) is 5.75 Å². The second-order valence-electron chi connectivity index (χ2n) is 3.16. The first-order valence-corrected chi connectivity index (χ1v) is 4.48. The van der Waals surface area contributed by atoms with Crippen LogP contribution in [-0.4, -0.2) is 19.2 Å². The van der Waals surface area contributed by atoms with E-state index in [0.717, 1.165) is 19.5 Å². The number of benzene rings is 1. The molecule has 1 N–H and O–H groups in total. The van der Waals surface area contributed by atoms with Crippen molar-refractivity contribution >= 4 is 12.4 Å². The molecule has 1 aliphatic rings. The van der Waals surface area contributed by atoms with E-state index in [1.807, 2.05) is 0 Å². The van der Waals surface area contributed by atoms with Crippen LogP contribution in [0.1, 0.15) is 6.42 Å². The highest BCUT2D eigenvalue weighted by Crippen LogP contribution is 2.18. The summed E-state index contributed by atoms with van der Waals surface area (Å²) in [4.78, 5) is 0. The molecule has 1 aromatic rings. The van der Waals surface area contributed by atoms with Crippen LogP contribution in [0.15, 0.2) is 24.3 Å². The lowest BCUT2D eigenvalue weighted by molar-refractivity contribution is 0.213. The van der Waals surface area contributed by atoms with Gasteiger partial charge in [-0.25, -0.2) is 4.39 Å². The van der Waals surface area contributed by atoms with Crippen LogP contribution >= 0.6 is 12.4 Å². The largest absolute Gasteiger partial charge is 0.486 e. The maximum atomic E-state index is 13.1. The highest BCUT2D eigenvalue weighted by molar-refractivity contribution is 5.85. The molecule has 2 rings (SSSR count). The minimum absolute atomic E-state index is 0. The van der Waals surface area contributed by atoms with E-state index >= 15 is 0 Å². The predicted molar refractivity (Wildman–Crippen MR) is 55.6 cm³/mol. The van der Waals surface area contributed by atoms with Gasteiger partial charge in [-0.1, -0.05) is 12.1 Å². The molecule has 4 heteroatoms. The Hall–Kier alpha value is -0.800. The molecular formula is C10H13ClFNO. The minimum Gasteiger partial charge on any atom is -0.486 e. The fraction of sp³-hybridized carbons (Fsp3) is 0.400. The van der Waals surface area contributed by atoms with Gasteiger partial charge in [0, 0.05) is 6.54 Å². The third-order valence-electron chi connectivity index (χ3n) is 2.15. The fourth-order valence-electron chi connectivity index (χ4n) is 1.45. The summed E-state index contributed by atoms with van der Waals surface area (Å²) in [6.45, 7) is 1.77. The van der Waals surface area contributed by atoms with Gasteiger partial charge in [0.2, 0.25) is 0 Å². The molecule has 1 atom stereocenters. The summed E-state index contributed by atoms with van der Waals surface area (Å²) in [5.41, 5.74) is 0. The second-order valence-corrected chi connectivity index (χ2v) is 3.16. The van der Waals surface area contributed by atoms with Crippen LogP contribution in [0.2, 0.25) is 0 Å². The van der Waals surface area contributed by atoms with Gasteiger partial charge >= 0.3 is 0 Å². The number of hydrogen-bond donors (Lipinski definition) is 1. The number of nitrogens with one attached hydrogen (secondary N) is 1. The Morgan fingerprint density at radius 3 is 2.79 bits per heavy atom. The van der Waals surface area contributed by atoms with Crippen molar-refractivity contribution in [1.82, 2.24) is 5.32 Å². The maximum absolute atomic E-state index is 13.1. The van der Waals surface area contributed by atoms with E-state index < -0.39 is 0 Å². The highest BCUT2D eigenvalue weighted by Gasteiger charge is 2.16. The summed E-state index contributed by atoms with van der Waals surface area (Å²) in [5.74, 6) is 0.0746. The van der Waals surface area contributed by atoms with Crippen molar-refractivity contribution in [2.75, 3.05) is 13.1 Å². The van der Waals surface area contributed by atoms with E-state index in [2.05, 4.69) is 5.32 Å². The maximum Gasteiger partial charge on any atom is 0.165 e. The third-order valence-corrected chi connectivity index (χ3v) is 2.15. The lowest BCUT2D eigenvalue weighted by Gasteiger charge is -2.12. The second kappa shape index (κ2) is 5.17. The zero-order valence-electron chi connectivity index (χ0n) is 7.70. The molecule has 0 bridgehead atoms. The van der Waals surface area contributed by atoms with Crippen molar-refractivity contribution in [2.24, 2.45) is 0 Å². The molecule has 0 amide bonds. The molecule has 0 saturated carbocycles. The number of halogens is 2. The molecule has 0 radical (unpaired) electrons. The SMILES string of the molecule is Cl.Fc1ccccc1OC1CCNC1. The molecule has 1 saturated heterocycles. The van der Waals surface area contributed by atoms with Crippen LogP contribution in [0.3, 0.4) is 0 Å². The van der Waals surface area contributed by atoms with Gasteiger partial charge in [0.1, 0.15) is 6.10 Å². The molecule has 14 heavy (non-hydrogen) atoms. The Morgan fingerprint density at radius 1 is 1.36 bits per heavy atom. The van der Waals surface area contributed by atoms with Crippen molar-refractivity contribution in [3.63, 3.8) is 0 Å². The molecule has 1 fully saturated rings. The smallest absolute Gasteiger partial charge is 0.165 e. The van der Waals surface area contributed by atoms with Gasteiger partial charge in [-0.3, -0.25) is 0 Å². The van der Waals surface area contributed by atoms with Crippen molar-refractivity contribution < 1.29 is 9.13 Å². The van der Waals surface area contributed by atoms with Crippen LogP contribution in [-0.2, 0) is 0 Å². The molecule has 1 aromatic carbocycles. The highest BCUT2D eigenvalue weighted by atomic mass is 35.5. The van der Waals surface area contributed by atoms with Crippen molar-refractivity contribution in [3.8, 4) is 5.75 Å². The van der Waals surface area contributed by atoms with Gasteiger partial charge in [0.25, 0.3) is 0 Å². The average molecular weight is 218 g/mol. The fourth-order valence-corrected chi connectivity index (χ4v) is 1.45. The van der Waals surface area contributed by atoms with Crippen molar-refractivity contribution in [3.05, 3.63) is 30.1 Å². The lowest BCUT2D eigenvalue weighted by Crippen LogP contribution is -2.19. The quantitative estimate of drug-likeness (QED) is 0.818. The van der Waals surface area contributed by atoms with E-state index in [1.54, 1.807) is 18.2 Å². The summed E-state index contributed by atoms with van der Waals surface area (Å²) < 4.78 is 18.6. The first-order chi connectivity index (χ1) is 6.36. The minimum atomic E-state index is -0.283. The standard InChI is InChI=1S/C10H12FNO.ClH/c11-9-3-1-2-4-10(9)13-8-5-6-12-7-8;/h1-4,8,12H,5-7H2;1H. The summed E-state index contributed by atoms with van der Waals surface area (Å²) in [6, 6.07) is 6.52.